The molecule has 0 aromatic heterocycles. The second-order valence-corrected chi connectivity index (χ2v) is 6.92. The topological polar surface area (TPSA) is 54.0 Å². The molecule has 1 aliphatic rings. The highest BCUT2D eigenvalue weighted by Gasteiger charge is 2.27. The molecule has 0 radical (unpaired) electrons. The fourth-order valence-electron chi connectivity index (χ4n) is 2.90. The maximum absolute atomic E-state index is 12.9. The average molecular weight is 380 g/mol. The summed E-state index contributed by atoms with van der Waals surface area (Å²) >= 11 is 0. The molecule has 0 atom stereocenters. The van der Waals surface area contributed by atoms with Crippen LogP contribution in [0.5, 0.6) is 17.2 Å². The molecule has 1 heterocycles. The Kier molecular flexibility index (Phi) is 5.85. The summed E-state index contributed by atoms with van der Waals surface area (Å²) in [5.74, 6) is 1.74. The number of methoxy groups -OCH3 is 2. The third-order valence-electron chi connectivity index (χ3n) is 4.29. The molecule has 0 N–H and O–H groups in total. The summed E-state index contributed by atoms with van der Waals surface area (Å²) in [6.07, 6.45) is 7.18. The van der Waals surface area contributed by atoms with Crippen molar-refractivity contribution in [1.29, 1.82) is 0 Å². The van der Waals surface area contributed by atoms with E-state index in [9.17, 15) is 4.79 Å². The second kappa shape index (κ2) is 8.31. The molecule has 2 aromatic rings. The fraction of sp³-hybridized carbons (Fsp3) is 0.261. The monoisotopic (exact) mass is 380 g/mol. The maximum Gasteiger partial charge on any atom is 0.189 e. The van der Waals surface area contributed by atoms with Gasteiger partial charge in [-0.1, -0.05) is 18.2 Å². The summed E-state index contributed by atoms with van der Waals surface area (Å²) in [6, 6.07) is 11.0. The number of benzene rings is 2. The maximum atomic E-state index is 12.9. The second-order valence-electron chi connectivity index (χ2n) is 6.92. The Morgan fingerprint density at radius 3 is 2.75 bits per heavy atom. The predicted octanol–water partition coefficient (Wildman–Crippen LogP) is 4.76. The molecule has 146 valence electrons. The first-order chi connectivity index (χ1) is 13.4. The van der Waals surface area contributed by atoms with E-state index in [-0.39, 0.29) is 12.6 Å². The number of hydrogen-bond donors (Lipinski definition) is 0. The van der Waals surface area contributed by atoms with Gasteiger partial charge >= 0.3 is 0 Å². The van der Waals surface area contributed by atoms with Crippen LogP contribution < -0.4 is 14.2 Å². The van der Waals surface area contributed by atoms with Crippen molar-refractivity contribution in [2.75, 3.05) is 21.0 Å². The highest BCUT2D eigenvalue weighted by atomic mass is 16.7. The lowest BCUT2D eigenvalue weighted by Gasteiger charge is -2.29. The van der Waals surface area contributed by atoms with Crippen molar-refractivity contribution in [3.63, 3.8) is 0 Å². The number of ether oxygens (including phenoxy) is 4. The quantitative estimate of drug-likeness (QED) is 0.394. The Labute approximate surface area is 165 Å². The van der Waals surface area contributed by atoms with Gasteiger partial charge in [-0.05, 0) is 61.9 Å². The molecule has 0 saturated carbocycles. The minimum absolute atomic E-state index is 0.145. The summed E-state index contributed by atoms with van der Waals surface area (Å²) in [4.78, 5) is 12.9. The molecule has 0 amide bonds. The van der Waals surface area contributed by atoms with E-state index in [0.717, 1.165) is 11.1 Å². The van der Waals surface area contributed by atoms with Crippen LogP contribution in [-0.4, -0.2) is 32.4 Å². The van der Waals surface area contributed by atoms with Crippen molar-refractivity contribution in [1.82, 2.24) is 0 Å². The number of rotatable bonds is 7. The van der Waals surface area contributed by atoms with Gasteiger partial charge in [0.1, 0.15) is 22.8 Å². The van der Waals surface area contributed by atoms with E-state index in [1.807, 2.05) is 50.3 Å². The van der Waals surface area contributed by atoms with E-state index < -0.39 is 5.60 Å². The molecule has 0 bridgehead atoms. The number of carbonyl (C=O) groups excluding carboxylic acids is 1. The van der Waals surface area contributed by atoms with E-state index in [2.05, 4.69) is 0 Å². The molecule has 5 nitrogen and oxygen atoms in total. The normalized spacial score (nSPS) is 14.4. The van der Waals surface area contributed by atoms with Crippen molar-refractivity contribution in [2.24, 2.45) is 0 Å². The van der Waals surface area contributed by atoms with Gasteiger partial charge in [0.25, 0.3) is 0 Å². The molecule has 5 heteroatoms. The molecule has 0 unspecified atom stereocenters. The first kappa shape index (κ1) is 19.7. The summed E-state index contributed by atoms with van der Waals surface area (Å²) < 4.78 is 21.8. The Bertz CT molecular complexity index is 925. The standard InChI is InChI=1S/C23H24O5/c1-23(2)13-12-19-21(26-4)11-9-18(22(19)28-23)20(24)10-8-16-6-5-7-17(14-16)27-15-25-3/h5-14H,15H2,1-4H3. The van der Waals surface area contributed by atoms with Crippen molar-refractivity contribution in [3.8, 4) is 17.2 Å². The van der Waals surface area contributed by atoms with Crippen LogP contribution >= 0.6 is 0 Å². The molecular formula is C23H24O5. The van der Waals surface area contributed by atoms with E-state index in [1.54, 1.807) is 32.4 Å². The summed E-state index contributed by atoms with van der Waals surface area (Å²) in [6.45, 7) is 4.06. The lowest BCUT2D eigenvalue weighted by atomic mass is 9.97. The molecule has 3 rings (SSSR count). The fourth-order valence-corrected chi connectivity index (χ4v) is 2.90. The van der Waals surface area contributed by atoms with Gasteiger partial charge < -0.3 is 18.9 Å². The van der Waals surface area contributed by atoms with Crippen LogP contribution in [0.3, 0.4) is 0 Å². The molecule has 0 saturated heterocycles. The lowest BCUT2D eigenvalue weighted by Crippen LogP contribution is -2.28. The lowest BCUT2D eigenvalue weighted by molar-refractivity contribution is 0.0511. The largest absolute Gasteiger partial charge is 0.496 e. The number of ketones is 1. The Hall–Kier alpha value is -3.05. The van der Waals surface area contributed by atoms with Gasteiger partial charge in [-0.3, -0.25) is 4.79 Å². The zero-order chi connectivity index (χ0) is 20.1. The number of fused-ring (bicyclic) bond motifs is 1. The van der Waals surface area contributed by atoms with Crippen molar-refractivity contribution in [3.05, 3.63) is 65.2 Å². The third kappa shape index (κ3) is 4.43. The number of hydrogen-bond acceptors (Lipinski definition) is 5. The molecule has 0 spiro atoms. The average Bonchev–Trinajstić information content (AvgIpc) is 2.69. The van der Waals surface area contributed by atoms with Crippen LogP contribution in [0, 0.1) is 0 Å². The van der Waals surface area contributed by atoms with Gasteiger partial charge in [-0.15, -0.1) is 0 Å². The van der Waals surface area contributed by atoms with Crippen LogP contribution in [0.25, 0.3) is 12.2 Å². The molecule has 28 heavy (non-hydrogen) atoms. The molecule has 1 aliphatic heterocycles. The Balaban J connectivity index is 1.88. The van der Waals surface area contributed by atoms with E-state index >= 15 is 0 Å². The van der Waals surface area contributed by atoms with Gasteiger partial charge in [-0.2, -0.15) is 0 Å². The molecule has 0 aliphatic carbocycles. The van der Waals surface area contributed by atoms with Crippen LogP contribution in [0.2, 0.25) is 0 Å². The number of carbonyl (C=O) groups is 1. The minimum Gasteiger partial charge on any atom is -0.496 e. The highest BCUT2D eigenvalue weighted by Crippen LogP contribution is 2.39. The van der Waals surface area contributed by atoms with Crippen LogP contribution in [0.4, 0.5) is 0 Å². The van der Waals surface area contributed by atoms with Gasteiger partial charge in [0.2, 0.25) is 0 Å². The smallest absolute Gasteiger partial charge is 0.189 e. The predicted molar refractivity (Wildman–Crippen MR) is 109 cm³/mol. The van der Waals surface area contributed by atoms with Crippen LogP contribution in [-0.2, 0) is 4.74 Å². The molecule has 0 fully saturated rings. The molecular weight excluding hydrogens is 356 g/mol. The molecule has 2 aromatic carbocycles. The zero-order valence-corrected chi connectivity index (χ0v) is 16.5. The van der Waals surface area contributed by atoms with Crippen LogP contribution in [0.1, 0.15) is 35.3 Å². The van der Waals surface area contributed by atoms with Crippen molar-refractivity contribution < 1.29 is 23.7 Å². The van der Waals surface area contributed by atoms with Crippen molar-refractivity contribution >= 4 is 17.9 Å². The Morgan fingerprint density at radius 2 is 2.00 bits per heavy atom. The summed E-state index contributed by atoms with van der Waals surface area (Å²) in [5, 5.41) is 0. The van der Waals surface area contributed by atoms with Gasteiger partial charge in [0.15, 0.2) is 12.6 Å². The van der Waals surface area contributed by atoms with Gasteiger partial charge in [0.05, 0.1) is 18.2 Å². The van der Waals surface area contributed by atoms with Crippen molar-refractivity contribution in [2.45, 2.75) is 19.4 Å². The van der Waals surface area contributed by atoms with E-state index in [0.29, 0.717) is 22.8 Å². The summed E-state index contributed by atoms with van der Waals surface area (Å²) in [7, 11) is 3.17. The van der Waals surface area contributed by atoms with E-state index in [4.69, 9.17) is 18.9 Å². The third-order valence-corrected chi connectivity index (χ3v) is 4.29. The van der Waals surface area contributed by atoms with Crippen LogP contribution in [0.15, 0.2) is 48.6 Å². The zero-order valence-electron chi connectivity index (χ0n) is 16.5. The van der Waals surface area contributed by atoms with E-state index in [1.165, 1.54) is 6.08 Å². The van der Waals surface area contributed by atoms with Gasteiger partial charge in [0, 0.05) is 7.11 Å². The SMILES string of the molecule is COCOc1cccc(C=CC(=O)c2ccc(OC)c3c2OC(C)(C)C=C3)c1. The summed E-state index contributed by atoms with van der Waals surface area (Å²) in [5.41, 5.74) is 1.63. The highest BCUT2D eigenvalue weighted by molar-refractivity contribution is 6.09. The minimum atomic E-state index is -0.495. The first-order valence-electron chi connectivity index (χ1n) is 8.97. The number of allylic oxidation sites excluding steroid dienone is 1. The Morgan fingerprint density at radius 1 is 1.18 bits per heavy atom. The first-order valence-corrected chi connectivity index (χ1v) is 8.97. The van der Waals surface area contributed by atoms with Gasteiger partial charge in [-0.25, -0.2) is 0 Å².